The van der Waals surface area contributed by atoms with Gasteiger partial charge in [0, 0.05) is 45.2 Å². The van der Waals surface area contributed by atoms with Gasteiger partial charge in [0.25, 0.3) is 0 Å². The molecule has 0 aliphatic rings. The molecular formula is C9H12F9Si3. The first-order chi connectivity index (χ1) is 9.29. The molecule has 0 aliphatic carbocycles. The van der Waals surface area contributed by atoms with Crippen molar-refractivity contribution in [2.75, 3.05) is 0 Å². The topological polar surface area (TPSA) is 0 Å². The van der Waals surface area contributed by atoms with Gasteiger partial charge < -0.3 is 0 Å². The molecule has 0 atom stereocenters. The van der Waals surface area contributed by atoms with Crippen molar-refractivity contribution >= 4 is 25.9 Å². The number of halogens is 9. The molecule has 0 bridgehead atoms. The molecule has 0 aliphatic heterocycles. The van der Waals surface area contributed by atoms with Gasteiger partial charge in [-0.2, -0.15) is 39.5 Å². The maximum atomic E-state index is 12.1. The van der Waals surface area contributed by atoms with Gasteiger partial charge in [0.05, 0.1) is 0 Å². The van der Waals surface area contributed by atoms with E-state index in [0.29, 0.717) is 0 Å². The van der Waals surface area contributed by atoms with Crippen molar-refractivity contribution in [2.45, 2.75) is 55.9 Å². The van der Waals surface area contributed by atoms with E-state index in [9.17, 15) is 39.5 Å². The second kappa shape index (κ2) is 8.60. The van der Waals surface area contributed by atoms with E-state index in [1.54, 1.807) is 0 Å². The lowest BCUT2D eigenvalue weighted by Gasteiger charge is -2.16. The van der Waals surface area contributed by atoms with Crippen molar-refractivity contribution < 1.29 is 39.5 Å². The summed E-state index contributed by atoms with van der Waals surface area (Å²) in [5.41, 5.74) is 0. The summed E-state index contributed by atoms with van der Waals surface area (Å²) in [6.07, 6.45) is -16.5. The molecule has 5 radical (unpaired) electrons. The highest BCUT2D eigenvalue weighted by Crippen LogP contribution is 2.26. The second-order valence-corrected chi connectivity index (χ2v) is 14.6. The van der Waals surface area contributed by atoms with Crippen molar-refractivity contribution in [1.29, 1.82) is 0 Å². The summed E-state index contributed by atoms with van der Waals surface area (Å²) in [6, 6.07) is -0.871. The van der Waals surface area contributed by atoms with Crippen molar-refractivity contribution in [2.24, 2.45) is 0 Å². The van der Waals surface area contributed by atoms with Gasteiger partial charge in [0.15, 0.2) is 0 Å². The zero-order valence-corrected chi connectivity index (χ0v) is 13.6. The van der Waals surface area contributed by atoms with Gasteiger partial charge in [-0.3, -0.25) is 0 Å². The minimum Gasteiger partial charge on any atom is -0.171 e. The molecule has 0 unspecified atom stereocenters. The third-order valence-electron chi connectivity index (χ3n) is 2.15. The van der Waals surface area contributed by atoms with Gasteiger partial charge in [-0.05, 0) is 0 Å². The Morgan fingerprint density at radius 2 is 0.905 bits per heavy atom. The van der Waals surface area contributed by atoms with E-state index in [1.165, 1.54) is 0 Å². The first-order valence-corrected chi connectivity index (χ1v) is 11.9. The summed E-state index contributed by atoms with van der Waals surface area (Å²) in [5.74, 6) is 0. The molecule has 0 N–H and O–H groups in total. The molecular weight excluding hydrogens is 363 g/mol. The molecule has 0 rings (SSSR count). The maximum absolute atomic E-state index is 12.1. The number of alkyl halides is 9. The standard InChI is InChI=1S/C9H12F9Si3/c10-7(11,12)1-4-19-21(6-3-9(16,17)18)20-5-2-8(13,14)15/h1-6H2. The van der Waals surface area contributed by atoms with Crippen LogP contribution in [0.15, 0.2) is 0 Å². The van der Waals surface area contributed by atoms with Gasteiger partial charge >= 0.3 is 18.5 Å². The fraction of sp³-hybridized carbons (Fsp3) is 1.00. The molecule has 0 aromatic rings. The SMILES string of the molecule is FC(F)(F)CC[Si][Si](CCC(F)(F)F)[Si]CCC(F)(F)F. The number of hydrogen-bond donors (Lipinski definition) is 0. The summed E-state index contributed by atoms with van der Waals surface area (Å²) >= 11 is 0. The molecule has 123 valence electrons. The largest absolute Gasteiger partial charge is 0.388 e. The Morgan fingerprint density at radius 1 is 0.571 bits per heavy atom. The quantitative estimate of drug-likeness (QED) is 0.430. The molecule has 12 heteroatoms. The summed E-state index contributed by atoms with van der Waals surface area (Å²) in [4.78, 5) is 0. The fourth-order valence-electron chi connectivity index (χ4n) is 1.22. The van der Waals surface area contributed by atoms with E-state index in [2.05, 4.69) is 0 Å². The molecule has 0 spiro atoms. The average molecular weight is 375 g/mol. The average Bonchev–Trinajstić information content (AvgIpc) is 2.20. The zero-order chi connectivity index (χ0) is 16.7. The van der Waals surface area contributed by atoms with Crippen molar-refractivity contribution in [3.05, 3.63) is 0 Å². The lowest BCUT2D eigenvalue weighted by molar-refractivity contribution is -0.131. The van der Waals surface area contributed by atoms with Crippen molar-refractivity contribution in [3.63, 3.8) is 0 Å². The van der Waals surface area contributed by atoms with Gasteiger partial charge in [0.1, 0.15) is 0 Å². The second-order valence-electron chi connectivity index (χ2n) is 4.18. The van der Waals surface area contributed by atoms with E-state index in [0.717, 1.165) is 0 Å². The normalized spacial score (nSPS) is 14.0. The molecule has 21 heavy (non-hydrogen) atoms. The van der Waals surface area contributed by atoms with Crippen LogP contribution in [0.2, 0.25) is 18.1 Å². The van der Waals surface area contributed by atoms with Crippen LogP contribution >= 0.6 is 0 Å². The van der Waals surface area contributed by atoms with Gasteiger partial charge in [-0.15, -0.1) is 0 Å². The lowest BCUT2D eigenvalue weighted by Crippen LogP contribution is -2.33. The summed E-state index contributed by atoms with van der Waals surface area (Å²) in [7, 11) is -2.38. The van der Waals surface area contributed by atoms with Crippen molar-refractivity contribution in [1.82, 2.24) is 0 Å². The highest BCUT2D eigenvalue weighted by molar-refractivity contribution is 7.39. The molecule has 0 amide bonds. The summed E-state index contributed by atoms with van der Waals surface area (Å²) in [6.45, 7) is 0. The molecule has 0 nitrogen and oxygen atoms in total. The van der Waals surface area contributed by atoms with Gasteiger partial charge in [-0.1, -0.05) is 18.1 Å². The number of rotatable bonds is 8. The van der Waals surface area contributed by atoms with Crippen LogP contribution in [0, 0.1) is 0 Å². The Labute approximate surface area is 122 Å². The molecule has 0 fully saturated rings. The van der Waals surface area contributed by atoms with Crippen LogP contribution in [0.25, 0.3) is 0 Å². The lowest BCUT2D eigenvalue weighted by atomic mass is 10.5. The fourth-order valence-corrected chi connectivity index (χ4v) is 11.8. The van der Waals surface area contributed by atoms with Crippen LogP contribution in [0.1, 0.15) is 19.3 Å². The Bertz CT molecular complexity index is 264. The summed E-state index contributed by atoms with van der Waals surface area (Å²) < 4.78 is 108. The van der Waals surface area contributed by atoms with E-state index < -0.39 is 45.6 Å². The first kappa shape index (κ1) is 21.0. The molecule has 0 heterocycles. The smallest absolute Gasteiger partial charge is 0.171 e. The van der Waals surface area contributed by atoms with Crippen LogP contribution in [0.4, 0.5) is 39.5 Å². The van der Waals surface area contributed by atoms with Crippen LogP contribution in [0.5, 0.6) is 0 Å². The predicted octanol–water partition coefficient (Wildman–Crippen LogP) is 4.58. The van der Waals surface area contributed by atoms with Crippen LogP contribution < -0.4 is 0 Å². The monoisotopic (exact) mass is 375 g/mol. The highest BCUT2D eigenvalue weighted by Gasteiger charge is 2.32. The first-order valence-electron chi connectivity index (χ1n) is 5.82. The highest BCUT2D eigenvalue weighted by atomic mass is 29.6. The van der Waals surface area contributed by atoms with E-state index in [-0.39, 0.29) is 36.2 Å². The molecule has 0 saturated heterocycles. The Balaban J connectivity index is 4.21. The Morgan fingerprint density at radius 3 is 1.19 bits per heavy atom. The predicted molar refractivity (Wildman–Crippen MR) is 63.7 cm³/mol. The minimum absolute atomic E-state index is 0.283. The Hall–Kier alpha value is 0.0206. The maximum Gasteiger partial charge on any atom is 0.388 e. The number of hydrogen-bond acceptors (Lipinski definition) is 0. The Kier molecular flexibility index (Phi) is 8.61. The van der Waals surface area contributed by atoms with Crippen molar-refractivity contribution in [3.8, 4) is 0 Å². The van der Waals surface area contributed by atoms with E-state index >= 15 is 0 Å². The van der Waals surface area contributed by atoms with Crippen LogP contribution in [0.3, 0.4) is 0 Å². The third-order valence-corrected chi connectivity index (χ3v) is 13.5. The van der Waals surface area contributed by atoms with E-state index in [1.807, 2.05) is 0 Å². The molecule has 0 saturated carbocycles. The van der Waals surface area contributed by atoms with Gasteiger partial charge in [-0.25, -0.2) is 0 Å². The minimum atomic E-state index is -4.42. The van der Waals surface area contributed by atoms with Crippen LogP contribution in [-0.2, 0) is 0 Å². The molecule has 0 aromatic carbocycles. The zero-order valence-electron chi connectivity index (χ0n) is 10.6. The molecule has 0 aromatic heterocycles. The summed E-state index contributed by atoms with van der Waals surface area (Å²) in [5, 5.41) is 0. The van der Waals surface area contributed by atoms with Gasteiger partial charge in [0.2, 0.25) is 0 Å². The van der Waals surface area contributed by atoms with Crippen LogP contribution in [-0.4, -0.2) is 44.4 Å². The third kappa shape index (κ3) is 16.2. The van der Waals surface area contributed by atoms with E-state index in [4.69, 9.17) is 0 Å².